The molecule has 0 aliphatic carbocycles. The van der Waals surface area contributed by atoms with Gasteiger partial charge in [0.1, 0.15) is 0 Å². The fourth-order valence-corrected chi connectivity index (χ4v) is 4.68. The Morgan fingerprint density at radius 1 is 0.919 bits per heavy atom. The van der Waals surface area contributed by atoms with Crippen LogP contribution in [0.25, 0.3) is 11.3 Å². The minimum Gasteiger partial charge on any atom is -0.493 e. The van der Waals surface area contributed by atoms with E-state index in [2.05, 4.69) is 31.2 Å². The van der Waals surface area contributed by atoms with Gasteiger partial charge in [0.15, 0.2) is 11.5 Å². The van der Waals surface area contributed by atoms with E-state index in [1.807, 2.05) is 48.2 Å². The Kier molecular flexibility index (Phi) is 7.75. The third kappa shape index (κ3) is 5.42. The van der Waals surface area contributed by atoms with Gasteiger partial charge >= 0.3 is 0 Å². The largest absolute Gasteiger partial charge is 0.493 e. The number of hydrogen-bond acceptors (Lipinski definition) is 7. The zero-order chi connectivity index (χ0) is 26.5. The van der Waals surface area contributed by atoms with Crippen LogP contribution in [0.4, 0.5) is 5.69 Å². The molecule has 1 heterocycles. The van der Waals surface area contributed by atoms with Gasteiger partial charge in [0.2, 0.25) is 10.6 Å². The minimum absolute atomic E-state index is 0.521. The first-order valence-corrected chi connectivity index (χ1v) is 12.5. The van der Waals surface area contributed by atoms with E-state index in [1.165, 1.54) is 11.3 Å². The lowest BCUT2D eigenvalue weighted by Gasteiger charge is -2.14. The first kappa shape index (κ1) is 25.7. The van der Waals surface area contributed by atoms with Crippen molar-refractivity contribution in [2.75, 3.05) is 21.3 Å². The molecule has 0 saturated heterocycles. The van der Waals surface area contributed by atoms with Crippen LogP contribution in [0.5, 0.6) is 17.2 Å². The van der Waals surface area contributed by atoms with Crippen molar-refractivity contribution in [1.82, 2.24) is 4.68 Å². The van der Waals surface area contributed by atoms with Gasteiger partial charge in [0.05, 0.1) is 50.1 Å². The molecule has 0 atom stereocenters. The highest BCUT2D eigenvalue weighted by Crippen LogP contribution is 2.41. The number of aromatic nitrogens is 1. The SMILES string of the molecule is COc1cc(-c2csc(=Nc3cc(C)ccc3C)n2N=C(C)c2ccc(C#N)cc2)cc(OC)c1OC. The monoisotopic (exact) mass is 512 g/mol. The molecular formula is C29H28N4O3S. The number of nitrogens with zero attached hydrogens (tertiary/aromatic N) is 4. The van der Waals surface area contributed by atoms with E-state index >= 15 is 0 Å². The Bertz CT molecular complexity index is 1550. The normalized spacial score (nSPS) is 11.8. The number of methoxy groups -OCH3 is 3. The molecule has 0 amide bonds. The van der Waals surface area contributed by atoms with Crippen molar-refractivity contribution in [3.8, 4) is 34.6 Å². The van der Waals surface area contributed by atoms with Crippen molar-refractivity contribution in [3.05, 3.63) is 87.0 Å². The molecule has 0 unspecified atom stereocenters. The Hall–Kier alpha value is -4.35. The summed E-state index contributed by atoms with van der Waals surface area (Å²) < 4.78 is 18.5. The van der Waals surface area contributed by atoms with Gasteiger partial charge in [0.25, 0.3) is 0 Å². The van der Waals surface area contributed by atoms with E-state index in [0.29, 0.717) is 27.6 Å². The van der Waals surface area contributed by atoms with E-state index in [-0.39, 0.29) is 0 Å². The van der Waals surface area contributed by atoms with Gasteiger partial charge in [-0.3, -0.25) is 0 Å². The summed E-state index contributed by atoms with van der Waals surface area (Å²) in [5.41, 5.74) is 7.04. The highest BCUT2D eigenvalue weighted by Gasteiger charge is 2.17. The molecule has 8 heteroatoms. The molecule has 0 bridgehead atoms. The Labute approximate surface area is 220 Å². The molecular weight excluding hydrogens is 484 g/mol. The minimum atomic E-state index is 0.521. The fraction of sp³-hybridized carbons (Fsp3) is 0.207. The van der Waals surface area contributed by atoms with Crippen LogP contribution in [0.2, 0.25) is 0 Å². The summed E-state index contributed by atoms with van der Waals surface area (Å²) in [4.78, 5) is 5.70. The summed E-state index contributed by atoms with van der Waals surface area (Å²) in [6.07, 6.45) is 0. The second kappa shape index (κ2) is 11.1. The van der Waals surface area contributed by atoms with Gasteiger partial charge in [-0.05, 0) is 67.8 Å². The number of rotatable bonds is 7. The number of benzene rings is 3. The third-order valence-electron chi connectivity index (χ3n) is 5.91. The van der Waals surface area contributed by atoms with Crippen LogP contribution in [0.1, 0.15) is 29.2 Å². The van der Waals surface area contributed by atoms with Crippen molar-refractivity contribution >= 4 is 22.7 Å². The van der Waals surface area contributed by atoms with E-state index in [1.54, 1.807) is 33.5 Å². The zero-order valence-corrected chi connectivity index (χ0v) is 22.5. The highest BCUT2D eigenvalue weighted by atomic mass is 32.1. The predicted octanol–water partition coefficient (Wildman–Crippen LogP) is 6.24. The topological polar surface area (TPSA) is 81.1 Å². The molecule has 0 aliphatic heterocycles. The molecule has 0 spiro atoms. The van der Waals surface area contributed by atoms with Crippen molar-refractivity contribution in [2.45, 2.75) is 20.8 Å². The van der Waals surface area contributed by atoms with Gasteiger partial charge in [-0.2, -0.15) is 10.4 Å². The van der Waals surface area contributed by atoms with Crippen LogP contribution in [-0.4, -0.2) is 31.7 Å². The lowest BCUT2D eigenvalue weighted by atomic mass is 10.1. The van der Waals surface area contributed by atoms with Gasteiger partial charge in [-0.1, -0.05) is 24.3 Å². The molecule has 0 aliphatic rings. The van der Waals surface area contributed by atoms with Crippen LogP contribution in [0.3, 0.4) is 0 Å². The van der Waals surface area contributed by atoms with Crippen LogP contribution >= 0.6 is 11.3 Å². The maximum absolute atomic E-state index is 9.15. The molecule has 188 valence electrons. The number of nitriles is 1. The molecule has 37 heavy (non-hydrogen) atoms. The van der Waals surface area contributed by atoms with Gasteiger partial charge in [-0.25, -0.2) is 9.67 Å². The predicted molar refractivity (Wildman–Crippen MR) is 147 cm³/mol. The maximum Gasteiger partial charge on any atom is 0.211 e. The van der Waals surface area contributed by atoms with E-state index in [9.17, 15) is 0 Å². The summed E-state index contributed by atoms with van der Waals surface area (Å²) in [7, 11) is 4.77. The fourth-order valence-electron chi connectivity index (χ4n) is 3.84. The lowest BCUT2D eigenvalue weighted by Crippen LogP contribution is -2.14. The van der Waals surface area contributed by atoms with E-state index in [0.717, 1.165) is 39.3 Å². The van der Waals surface area contributed by atoms with Gasteiger partial charge in [-0.15, -0.1) is 11.3 Å². The molecule has 7 nitrogen and oxygen atoms in total. The second-order valence-electron chi connectivity index (χ2n) is 8.41. The molecule has 3 aromatic carbocycles. The summed E-state index contributed by atoms with van der Waals surface area (Å²) >= 11 is 1.49. The first-order valence-electron chi connectivity index (χ1n) is 11.6. The number of hydrogen-bond donors (Lipinski definition) is 0. The van der Waals surface area contributed by atoms with Crippen LogP contribution < -0.4 is 19.0 Å². The van der Waals surface area contributed by atoms with Crippen molar-refractivity contribution in [3.63, 3.8) is 0 Å². The van der Waals surface area contributed by atoms with Crippen LogP contribution in [0, 0.1) is 25.2 Å². The van der Waals surface area contributed by atoms with Crippen LogP contribution in [-0.2, 0) is 0 Å². The smallest absolute Gasteiger partial charge is 0.211 e. The third-order valence-corrected chi connectivity index (χ3v) is 6.72. The number of aryl methyl sites for hydroxylation is 2. The quantitative estimate of drug-likeness (QED) is 0.275. The second-order valence-corrected chi connectivity index (χ2v) is 9.24. The molecule has 0 saturated carbocycles. The Balaban J connectivity index is 1.96. The maximum atomic E-state index is 9.15. The van der Waals surface area contributed by atoms with E-state index < -0.39 is 0 Å². The molecule has 4 aromatic rings. The van der Waals surface area contributed by atoms with Gasteiger partial charge < -0.3 is 14.2 Å². The first-order chi connectivity index (χ1) is 17.9. The summed E-state index contributed by atoms with van der Waals surface area (Å²) in [5, 5.41) is 16.1. The van der Waals surface area contributed by atoms with Crippen molar-refractivity contribution < 1.29 is 14.2 Å². The summed E-state index contributed by atoms with van der Waals surface area (Å²) in [5.74, 6) is 1.62. The van der Waals surface area contributed by atoms with Crippen LogP contribution in [0.15, 0.2) is 70.1 Å². The summed E-state index contributed by atoms with van der Waals surface area (Å²) in [6.45, 7) is 6.03. The van der Waals surface area contributed by atoms with Crippen molar-refractivity contribution in [1.29, 1.82) is 5.26 Å². The van der Waals surface area contributed by atoms with Crippen molar-refractivity contribution in [2.24, 2.45) is 10.1 Å². The van der Waals surface area contributed by atoms with E-state index in [4.69, 9.17) is 29.6 Å². The standard InChI is InChI=1S/C29H28N4O3S/c1-18-7-8-19(2)24(13-18)31-29-33(32-20(3)22-11-9-21(16-30)10-12-22)25(17-37-29)23-14-26(34-4)28(36-6)27(15-23)35-5/h7-15,17H,1-6H3. The molecule has 0 radical (unpaired) electrons. The average molecular weight is 513 g/mol. The zero-order valence-electron chi connectivity index (χ0n) is 21.7. The highest BCUT2D eigenvalue weighted by molar-refractivity contribution is 7.07. The number of thiazole rings is 1. The number of ether oxygens (including phenoxy) is 3. The molecule has 1 aromatic heterocycles. The molecule has 0 N–H and O–H groups in total. The Morgan fingerprint density at radius 3 is 2.19 bits per heavy atom. The Morgan fingerprint density at radius 2 is 1.59 bits per heavy atom. The van der Waals surface area contributed by atoms with Gasteiger partial charge in [0, 0.05) is 10.9 Å². The average Bonchev–Trinajstić information content (AvgIpc) is 3.31. The molecule has 4 rings (SSSR count). The molecule has 0 fully saturated rings. The summed E-state index contributed by atoms with van der Waals surface area (Å²) in [6, 6.07) is 19.5. The lowest BCUT2D eigenvalue weighted by molar-refractivity contribution is 0.324.